The van der Waals surface area contributed by atoms with Gasteiger partial charge in [-0.3, -0.25) is 0 Å². The van der Waals surface area contributed by atoms with Crippen molar-refractivity contribution in [2.45, 2.75) is 19.8 Å². The van der Waals surface area contributed by atoms with Gasteiger partial charge in [-0.2, -0.15) is 0 Å². The molecule has 0 spiro atoms. The van der Waals surface area contributed by atoms with Gasteiger partial charge in [-0.1, -0.05) is 26.0 Å². The molecule has 2 aromatic rings. The van der Waals surface area contributed by atoms with Crippen LogP contribution in [0.5, 0.6) is 0 Å². The summed E-state index contributed by atoms with van der Waals surface area (Å²) in [4.78, 5) is 0. The van der Waals surface area contributed by atoms with Crippen LogP contribution in [0.3, 0.4) is 0 Å². The summed E-state index contributed by atoms with van der Waals surface area (Å²) in [7, 11) is 2.09. The van der Waals surface area contributed by atoms with E-state index in [2.05, 4.69) is 55.9 Å². The van der Waals surface area contributed by atoms with Crippen LogP contribution in [0.15, 0.2) is 30.5 Å². The highest BCUT2D eigenvalue weighted by molar-refractivity contribution is 5.80. The van der Waals surface area contributed by atoms with Crippen LogP contribution in [0.1, 0.15) is 25.3 Å². The summed E-state index contributed by atoms with van der Waals surface area (Å²) in [6.45, 7) is 4.45. The smallest absolute Gasteiger partial charge is 0.0480 e. The predicted octanol–water partition coefficient (Wildman–Crippen LogP) is 3.30. The number of nitrogens with zero attached hydrogens (tertiary/aromatic N) is 1. The maximum Gasteiger partial charge on any atom is 0.0480 e. The number of benzene rings is 1. The molecule has 0 aliphatic heterocycles. The molecule has 0 radical (unpaired) electrons. The Morgan fingerprint density at radius 1 is 1.15 bits per heavy atom. The van der Waals surface area contributed by atoms with Crippen molar-refractivity contribution >= 4 is 10.9 Å². The SMILES string of the molecule is CC(C)c1ccc2ccn(C)c2c1. The molecule has 68 valence electrons. The summed E-state index contributed by atoms with van der Waals surface area (Å²) < 4.78 is 2.17. The largest absolute Gasteiger partial charge is 0.351 e. The van der Waals surface area contributed by atoms with Crippen LogP contribution >= 0.6 is 0 Å². The first-order valence-corrected chi connectivity index (χ1v) is 4.73. The van der Waals surface area contributed by atoms with E-state index in [1.165, 1.54) is 16.5 Å². The third kappa shape index (κ3) is 1.35. The summed E-state index contributed by atoms with van der Waals surface area (Å²) >= 11 is 0. The molecule has 0 N–H and O–H groups in total. The van der Waals surface area contributed by atoms with Crippen molar-refractivity contribution in [1.29, 1.82) is 0 Å². The summed E-state index contributed by atoms with van der Waals surface area (Å²) in [5, 5.41) is 1.33. The molecule has 0 saturated carbocycles. The van der Waals surface area contributed by atoms with Crippen LogP contribution in [0.4, 0.5) is 0 Å². The van der Waals surface area contributed by atoms with E-state index < -0.39 is 0 Å². The molecule has 1 aromatic carbocycles. The van der Waals surface area contributed by atoms with Gasteiger partial charge in [-0.15, -0.1) is 0 Å². The monoisotopic (exact) mass is 173 g/mol. The highest BCUT2D eigenvalue weighted by atomic mass is 14.9. The molecule has 13 heavy (non-hydrogen) atoms. The molecule has 0 aliphatic rings. The maximum atomic E-state index is 2.28. The highest BCUT2D eigenvalue weighted by Crippen LogP contribution is 2.21. The van der Waals surface area contributed by atoms with Crippen LogP contribution in [0.25, 0.3) is 10.9 Å². The van der Waals surface area contributed by atoms with E-state index in [0.29, 0.717) is 5.92 Å². The van der Waals surface area contributed by atoms with Gasteiger partial charge in [0.2, 0.25) is 0 Å². The van der Waals surface area contributed by atoms with Crippen molar-refractivity contribution in [3.8, 4) is 0 Å². The molecule has 0 amide bonds. The Hall–Kier alpha value is -1.24. The van der Waals surface area contributed by atoms with Gasteiger partial charge >= 0.3 is 0 Å². The fourth-order valence-corrected chi connectivity index (χ4v) is 1.64. The van der Waals surface area contributed by atoms with Crippen LogP contribution in [0, 0.1) is 0 Å². The first-order valence-electron chi connectivity index (χ1n) is 4.73. The lowest BCUT2D eigenvalue weighted by atomic mass is 10.0. The molecule has 0 bridgehead atoms. The molecular formula is C12H15N. The van der Waals surface area contributed by atoms with E-state index in [9.17, 15) is 0 Å². The van der Waals surface area contributed by atoms with Crippen molar-refractivity contribution in [2.75, 3.05) is 0 Å². The van der Waals surface area contributed by atoms with Crippen molar-refractivity contribution in [2.24, 2.45) is 7.05 Å². The Bertz CT molecular complexity index is 424. The lowest BCUT2D eigenvalue weighted by molar-refractivity contribution is 0.865. The second-order valence-corrected chi connectivity index (χ2v) is 3.90. The van der Waals surface area contributed by atoms with Gasteiger partial charge in [0.25, 0.3) is 0 Å². The highest BCUT2D eigenvalue weighted by Gasteiger charge is 2.02. The van der Waals surface area contributed by atoms with Gasteiger partial charge in [0.1, 0.15) is 0 Å². The second-order valence-electron chi connectivity index (χ2n) is 3.90. The number of rotatable bonds is 1. The maximum absolute atomic E-state index is 2.28. The molecular weight excluding hydrogens is 158 g/mol. The molecule has 0 atom stereocenters. The minimum atomic E-state index is 0.610. The summed E-state index contributed by atoms with van der Waals surface area (Å²) in [6.07, 6.45) is 2.11. The van der Waals surface area contributed by atoms with Gasteiger partial charge in [-0.05, 0) is 29.0 Å². The molecule has 1 heterocycles. The predicted molar refractivity (Wildman–Crippen MR) is 57.0 cm³/mol. The normalized spacial score (nSPS) is 11.4. The zero-order valence-corrected chi connectivity index (χ0v) is 8.41. The van der Waals surface area contributed by atoms with Gasteiger partial charge in [0.15, 0.2) is 0 Å². The van der Waals surface area contributed by atoms with Gasteiger partial charge in [0, 0.05) is 18.8 Å². The Morgan fingerprint density at radius 3 is 2.62 bits per heavy atom. The minimum absolute atomic E-state index is 0.610. The molecule has 0 aliphatic carbocycles. The van der Waals surface area contributed by atoms with Crippen LogP contribution < -0.4 is 0 Å². The molecule has 1 aromatic heterocycles. The van der Waals surface area contributed by atoms with Crippen molar-refractivity contribution < 1.29 is 0 Å². The quantitative estimate of drug-likeness (QED) is 0.623. The fourth-order valence-electron chi connectivity index (χ4n) is 1.64. The second kappa shape index (κ2) is 2.91. The summed E-state index contributed by atoms with van der Waals surface area (Å²) in [5.74, 6) is 0.610. The van der Waals surface area contributed by atoms with Crippen molar-refractivity contribution in [1.82, 2.24) is 4.57 Å². The molecule has 2 rings (SSSR count). The average molecular weight is 173 g/mol. The van der Waals surface area contributed by atoms with Crippen LogP contribution in [-0.2, 0) is 7.05 Å². The minimum Gasteiger partial charge on any atom is -0.351 e. The van der Waals surface area contributed by atoms with E-state index in [0.717, 1.165) is 0 Å². The Morgan fingerprint density at radius 2 is 1.92 bits per heavy atom. The zero-order chi connectivity index (χ0) is 9.42. The number of hydrogen-bond acceptors (Lipinski definition) is 0. The number of hydrogen-bond donors (Lipinski definition) is 0. The molecule has 0 unspecified atom stereocenters. The molecule has 1 nitrogen and oxygen atoms in total. The zero-order valence-electron chi connectivity index (χ0n) is 8.41. The van der Waals surface area contributed by atoms with E-state index in [-0.39, 0.29) is 0 Å². The Balaban J connectivity index is 2.66. The Labute approximate surface area is 79.0 Å². The topological polar surface area (TPSA) is 4.93 Å². The molecule has 1 heteroatoms. The van der Waals surface area contributed by atoms with Crippen LogP contribution in [0.2, 0.25) is 0 Å². The van der Waals surface area contributed by atoms with E-state index in [1.54, 1.807) is 0 Å². The van der Waals surface area contributed by atoms with Crippen molar-refractivity contribution in [3.05, 3.63) is 36.0 Å². The van der Waals surface area contributed by atoms with Gasteiger partial charge < -0.3 is 4.57 Å². The average Bonchev–Trinajstić information content (AvgIpc) is 2.47. The third-order valence-electron chi connectivity index (χ3n) is 2.58. The van der Waals surface area contributed by atoms with Gasteiger partial charge in [0.05, 0.1) is 0 Å². The van der Waals surface area contributed by atoms with Gasteiger partial charge in [-0.25, -0.2) is 0 Å². The number of aryl methyl sites for hydroxylation is 1. The summed E-state index contributed by atoms with van der Waals surface area (Å²) in [5.41, 5.74) is 2.74. The van der Waals surface area contributed by atoms with Crippen molar-refractivity contribution in [3.63, 3.8) is 0 Å². The summed E-state index contributed by atoms with van der Waals surface area (Å²) in [6, 6.07) is 8.84. The fraction of sp³-hybridized carbons (Fsp3) is 0.333. The first kappa shape index (κ1) is 8.36. The number of aromatic nitrogens is 1. The molecule has 0 fully saturated rings. The molecule has 0 saturated heterocycles. The lowest BCUT2D eigenvalue weighted by Gasteiger charge is -2.05. The standard InChI is InChI=1S/C12H15N/c1-9(2)11-5-4-10-6-7-13(3)12(10)8-11/h4-9H,1-3H3. The first-order chi connectivity index (χ1) is 6.18. The van der Waals surface area contributed by atoms with E-state index in [4.69, 9.17) is 0 Å². The Kier molecular flexibility index (Phi) is 1.87. The number of fused-ring (bicyclic) bond motifs is 1. The van der Waals surface area contributed by atoms with E-state index in [1.807, 2.05) is 0 Å². The lowest BCUT2D eigenvalue weighted by Crippen LogP contribution is -1.89. The van der Waals surface area contributed by atoms with E-state index >= 15 is 0 Å². The third-order valence-corrected chi connectivity index (χ3v) is 2.58. The van der Waals surface area contributed by atoms with Crippen LogP contribution in [-0.4, -0.2) is 4.57 Å².